The van der Waals surface area contributed by atoms with Gasteiger partial charge in [0.2, 0.25) is 10.9 Å². The van der Waals surface area contributed by atoms with Crippen molar-refractivity contribution in [3.8, 4) is 5.75 Å². The normalized spacial score (nSPS) is 10.2. The standard InChI is InChI=1S/C9H8FN5O3S/c10-5-2-1-3-6(15(16)17)8(5)18-4-7-13-14-9(12-11)19-7/h1-3H,4,11H2,(H,12,14). The molecule has 0 aliphatic carbocycles. The van der Waals surface area contributed by atoms with Gasteiger partial charge in [0.15, 0.2) is 10.8 Å². The van der Waals surface area contributed by atoms with Crippen molar-refractivity contribution in [2.75, 3.05) is 5.43 Å². The highest BCUT2D eigenvalue weighted by atomic mass is 32.1. The number of nitrogens with zero attached hydrogens (tertiary/aromatic N) is 3. The number of para-hydroxylation sites is 1. The molecule has 2 rings (SSSR count). The molecule has 1 aromatic carbocycles. The third kappa shape index (κ3) is 2.92. The van der Waals surface area contributed by atoms with Gasteiger partial charge in [0.05, 0.1) is 4.92 Å². The summed E-state index contributed by atoms with van der Waals surface area (Å²) in [6.45, 7) is -0.138. The van der Waals surface area contributed by atoms with E-state index in [0.29, 0.717) is 10.1 Å². The third-order valence-electron chi connectivity index (χ3n) is 2.07. The van der Waals surface area contributed by atoms with Gasteiger partial charge in [-0.2, -0.15) is 0 Å². The number of nitro groups is 1. The number of hydrogen-bond acceptors (Lipinski definition) is 8. The first-order valence-electron chi connectivity index (χ1n) is 4.96. The van der Waals surface area contributed by atoms with Crippen LogP contribution in [0.5, 0.6) is 5.75 Å². The number of nitrogens with two attached hydrogens (primary N) is 1. The average Bonchev–Trinajstić information content (AvgIpc) is 2.85. The fraction of sp³-hybridized carbons (Fsp3) is 0.111. The van der Waals surface area contributed by atoms with Gasteiger partial charge in [-0.3, -0.25) is 15.5 Å². The van der Waals surface area contributed by atoms with Gasteiger partial charge in [0, 0.05) is 6.07 Å². The van der Waals surface area contributed by atoms with E-state index < -0.39 is 22.2 Å². The molecule has 0 unspecified atom stereocenters. The number of nitrogens with one attached hydrogen (secondary N) is 1. The number of hydrazine groups is 1. The maximum atomic E-state index is 13.5. The molecule has 100 valence electrons. The summed E-state index contributed by atoms with van der Waals surface area (Å²) in [6, 6.07) is 3.47. The SMILES string of the molecule is NNc1nnc(COc2c(F)cccc2[N+](=O)[O-])s1. The highest BCUT2D eigenvalue weighted by molar-refractivity contribution is 7.15. The zero-order valence-corrected chi connectivity index (χ0v) is 10.2. The Labute approximate surface area is 110 Å². The summed E-state index contributed by atoms with van der Waals surface area (Å²) in [6.07, 6.45) is 0. The number of benzene rings is 1. The Balaban J connectivity index is 2.17. The highest BCUT2D eigenvalue weighted by Crippen LogP contribution is 2.30. The Hall–Kier alpha value is -2.33. The van der Waals surface area contributed by atoms with Crippen molar-refractivity contribution in [1.82, 2.24) is 10.2 Å². The predicted molar refractivity (Wildman–Crippen MR) is 65.1 cm³/mol. The third-order valence-corrected chi connectivity index (χ3v) is 2.90. The van der Waals surface area contributed by atoms with Crippen molar-refractivity contribution < 1.29 is 14.1 Å². The summed E-state index contributed by atoms with van der Waals surface area (Å²) in [5, 5.41) is 18.9. The van der Waals surface area contributed by atoms with Crippen molar-refractivity contribution in [2.45, 2.75) is 6.61 Å². The molecular formula is C9H8FN5O3S. The minimum atomic E-state index is -0.809. The van der Waals surface area contributed by atoms with E-state index in [2.05, 4.69) is 15.6 Å². The second-order valence-corrected chi connectivity index (χ2v) is 4.34. The molecule has 0 aliphatic rings. The molecule has 10 heteroatoms. The number of hydrogen-bond donors (Lipinski definition) is 2. The molecule has 0 spiro atoms. The first-order chi connectivity index (χ1) is 9.11. The van der Waals surface area contributed by atoms with Gasteiger partial charge in [-0.05, 0) is 6.07 Å². The topological polar surface area (TPSA) is 116 Å². The first-order valence-corrected chi connectivity index (χ1v) is 5.78. The molecule has 2 aromatic rings. The van der Waals surface area contributed by atoms with Crippen LogP contribution in [0.1, 0.15) is 5.01 Å². The summed E-state index contributed by atoms with van der Waals surface area (Å²) >= 11 is 1.10. The molecule has 0 saturated heterocycles. The van der Waals surface area contributed by atoms with E-state index in [1.807, 2.05) is 0 Å². The molecule has 0 saturated carbocycles. The Morgan fingerprint density at radius 3 is 2.95 bits per heavy atom. The lowest BCUT2D eigenvalue weighted by molar-refractivity contribution is -0.386. The fourth-order valence-corrected chi connectivity index (χ4v) is 1.85. The molecule has 0 bridgehead atoms. The minimum Gasteiger partial charge on any atom is -0.477 e. The Morgan fingerprint density at radius 2 is 2.32 bits per heavy atom. The van der Waals surface area contributed by atoms with Crippen molar-refractivity contribution in [1.29, 1.82) is 0 Å². The summed E-state index contributed by atoms with van der Waals surface area (Å²) < 4.78 is 18.6. The zero-order valence-electron chi connectivity index (χ0n) is 9.37. The molecular weight excluding hydrogens is 277 g/mol. The molecule has 8 nitrogen and oxygen atoms in total. The average molecular weight is 285 g/mol. The largest absolute Gasteiger partial charge is 0.477 e. The van der Waals surface area contributed by atoms with Crippen molar-refractivity contribution in [2.24, 2.45) is 5.84 Å². The van der Waals surface area contributed by atoms with Gasteiger partial charge in [-0.1, -0.05) is 17.4 Å². The van der Waals surface area contributed by atoms with E-state index in [1.165, 1.54) is 6.07 Å². The van der Waals surface area contributed by atoms with Gasteiger partial charge in [-0.15, -0.1) is 10.2 Å². The molecule has 0 amide bonds. The van der Waals surface area contributed by atoms with Crippen LogP contribution in [0.2, 0.25) is 0 Å². The molecule has 1 heterocycles. The number of aromatic nitrogens is 2. The van der Waals surface area contributed by atoms with Crippen molar-refractivity contribution in [3.63, 3.8) is 0 Å². The van der Waals surface area contributed by atoms with Crippen LogP contribution in [-0.2, 0) is 6.61 Å². The molecule has 0 atom stereocenters. The molecule has 3 N–H and O–H groups in total. The van der Waals surface area contributed by atoms with Gasteiger partial charge >= 0.3 is 5.69 Å². The fourth-order valence-electron chi connectivity index (χ4n) is 1.29. The maximum Gasteiger partial charge on any atom is 0.314 e. The molecule has 19 heavy (non-hydrogen) atoms. The lowest BCUT2D eigenvalue weighted by Gasteiger charge is -2.05. The van der Waals surface area contributed by atoms with E-state index in [-0.39, 0.29) is 6.61 Å². The summed E-state index contributed by atoms with van der Waals surface area (Å²) in [5.41, 5.74) is 1.85. The Morgan fingerprint density at radius 1 is 1.53 bits per heavy atom. The lowest BCUT2D eigenvalue weighted by Crippen LogP contribution is -2.05. The molecule has 1 aromatic heterocycles. The Bertz CT molecular complexity index is 605. The van der Waals surface area contributed by atoms with Crippen molar-refractivity contribution >= 4 is 22.2 Å². The highest BCUT2D eigenvalue weighted by Gasteiger charge is 2.20. The lowest BCUT2D eigenvalue weighted by atomic mass is 10.3. The number of nitro benzene ring substituents is 1. The van der Waals surface area contributed by atoms with E-state index in [0.717, 1.165) is 23.5 Å². The summed E-state index contributed by atoms with van der Waals surface area (Å²) in [7, 11) is 0. The first kappa shape index (κ1) is 13.1. The molecule has 0 fully saturated rings. The Kier molecular flexibility index (Phi) is 3.82. The van der Waals surface area contributed by atoms with E-state index in [9.17, 15) is 14.5 Å². The van der Waals surface area contributed by atoms with Crippen LogP contribution < -0.4 is 16.0 Å². The predicted octanol–water partition coefficient (Wildman–Crippen LogP) is 1.45. The van der Waals surface area contributed by atoms with Crippen LogP contribution in [0.25, 0.3) is 0 Å². The van der Waals surface area contributed by atoms with Crippen LogP contribution in [0.3, 0.4) is 0 Å². The van der Waals surface area contributed by atoms with Crippen LogP contribution in [0.4, 0.5) is 15.2 Å². The number of halogens is 1. The summed E-state index contributed by atoms with van der Waals surface area (Å²) in [4.78, 5) is 10.0. The van der Waals surface area contributed by atoms with Gasteiger partial charge in [0.25, 0.3) is 0 Å². The second kappa shape index (κ2) is 5.54. The van der Waals surface area contributed by atoms with E-state index in [4.69, 9.17) is 10.6 Å². The van der Waals surface area contributed by atoms with Gasteiger partial charge in [0.1, 0.15) is 6.61 Å². The van der Waals surface area contributed by atoms with Crippen LogP contribution in [0.15, 0.2) is 18.2 Å². The van der Waals surface area contributed by atoms with Crippen molar-refractivity contribution in [3.05, 3.63) is 39.1 Å². The monoisotopic (exact) mass is 285 g/mol. The number of anilines is 1. The van der Waals surface area contributed by atoms with Gasteiger partial charge < -0.3 is 4.74 Å². The maximum absolute atomic E-state index is 13.5. The number of nitrogen functional groups attached to an aromatic ring is 1. The van der Waals surface area contributed by atoms with E-state index >= 15 is 0 Å². The van der Waals surface area contributed by atoms with E-state index in [1.54, 1.807) is 0 Å². The molecule has 0 aliphatic heterocycles. The number of rotatable bonds is 5. The number of ether oxygens (including phenoxy) is 1. The van der Waals surface area contributed by atoms with Gasteiger partial charge in [-0.25, -0.2) is 10.2 Å². The minimum absolute atomic E-state index is 0.138. The smallest absolute Gasteiger partial charge is 0.314 e. The summed E-state index contributed by atoms with van der Waals surface area (Å²) in [5.74, 6) is 3.89. The van der Waals surface area contributed by atoms with Crippen LogP contribution in [-0.4, -0.2) is 15.1 Å². The van der Waals surface area contributed by atoms with Crippen LogP contribution in [0, 0.1) is 15.9 Å². The quantitative estimate of drug-likeness (QED) is 0.485. The zero-order chi connectivity index (χ0) is 13.8. The van der Waals surface area contributed by atoms with Crippen LogP contribution >= 0.6 is 11.3 Å². The molecule has 0 radical (unpaired) electrons. The second-order valence-electron chi connectivity index (χ2n) is 3.28.